The molecule has 3 aromatic rings. The van der Waals surface area contributed by atoms with Gasteiger partial charge in [0.2, 0.25) is 0 Å². The van der Waals surface area contributed by atoms with E-state index in [4.69, 9.17) is 20.0 Å². The topological polar surface area (TPSA) is 70.7 Å². The Balaban J connectivity index is 0.000000298. The highest BCUT2D eigenvalue weighted by molar-refractivity contribution is 7.08. The summed E-state index contributed by atoms with van der Waals surface area (Å²) < 4.78 is 33.7. The van der Waals surface area contributed by atoms with Crippen LogP contribution in [0.3, 0.4) is 0 Å². The SMILES string of the molecule is CCN1CCC(c2nc3ccc(-c4ccsc4)cn3n2)CC1.O=C(O)C(F)(F)F. The zero-order valence-electron chi connectivity index (χ0n) is 15.8. The number of likely N-dealkylation sites (tertiary alicyclic amines) is 1. The van der Waals surface area contributed by atoms with Crippen LogP contribution in [0.4, 0.5) is 13.2 Å². The van der Waals surface area contributed by atoms with E-state index in [1.807, 2.05) is 4.52 Å². The number of alkyl halides is 3. The lowest BCUT2D eigenvalue weighted by Crippen LogP contribution is -2.32. The average molecular weight is 426 g/mol. The largest absolute Gasteiger partial charge is 0.490 e. The fraction of sp³-hybridized carbons (Fsp3) is 0.421. The van der Waals surface area contributed by atoms with Crippen LogP contribution in [0.25, 0.3) is 16.8 Å². The summed E-state index contributed by atoms with van der Waals surface area (Å²) in [5, 5.41) is 16.1. The summed E-state index contributed by atoms with van der Waals surface area (Å²) in [7, 11) is 0. The van der Waals surface area contributed by atoms with Crippen LogP contribution >= 0.6 is 11.3 Å². The Kier molecular flexibility index (Phi) is 6.53. The second-order valence-electron chi connectivity index (χ2n) is 6.71. The van der Waals surface area contributed by atoms with Crippen LogP contribution in [0, 0.1) is 0 Å². The number of nitrogens with zero attached hydrogens (tertiary/aromatic N) is 4. The molecule has 1 fully saturated rings. The molecule has 0 saturated carbocycles. The van der Waals surface area contributed by atoms with E-state index in [0.29, 0.717) is 5.92 Å². The number of carboxylic acids is 1. The smallest absolute Gasteiger partial charge is 0.475 e. The van der Waals surface area contributed by atoms with Crippen LogP contribution < -0.4 is 0 Å². The van der Waals surface area contributed by atoms with Gasteiger partial charge in [-0.25, -0.2) is 14.3 Å². The molecule has 0 aliphatic carbocycles. The number of pyridine rings is 1. The van der Waals surface area contributed by atoms with Crippen molar-refractivity contribution < 1.29 is 23.1 Å². The van der Waals surface area contributed by atoms with Crippen LogP contribution in [0.5, 0.6) is 0 Å². The van der Waals surface area contributed by atoms with Crippen LogP contribution in [0.15, 0.2) is 35.2 Å². The number of piperidine rings is 1. The van der Waals surface area contributed by atoms with E-state index in [9.17, 15) is 13.2 Å². The summed E-state index contributed by atoms with van der Waals surface area (Å²) in [5.74, 6) is -1.24. The summed E-state index contributed by atoms with van der Waals surface area (Å²) >= 11 is 1.72. The molecule has 0 radical (unpaired) electrons. The van der Waals surface area contributed by atoms with Crippen LogP contribution in [-0.4, -0.2) is 56.4 Å². The van der Waals surface area contributed by atoms with Gasteiger partial charge in [0.15, 0.2) is 11.5 Å². The van der Waals surface area contributed by atoms with Gasteiger partial charge in [0.1, 0.15) is 0 Å². The van der Waals surface area contributed by atoms with Crippen molar-refractivity contribution in [2.75, 3.05) is 19.6 Å². The van der Waals surface area contributed by atoms with E-state index in [2.05, 4.69) is 47.0 Å². The standard InChI is InChI=1S/C17H20N4S.C2HF3O2/c1-2-20-8-5-13(6-9-20)17-18-16-4-3-14(11-21(16)19-17)15-7-10-22-12-15;3-2(4,5)1(6)7/h3-4,7,10-13H,2,5-6,8-9H2,1H3;(H,6,7). The molecule has 0 atom stereocenters. The molecule has 156 valence electrons. The Morgan fingerprint density at radius 1 is 1.24 bits per heavy atom. The minimum atomic E-state index is -5.08. The summed E-state index contributed by atoms with van der Waals surface area (Å²) in [6, 6.07) is 6.35. The lowest BCUT2D eigenvalue weighted by Gasteiger charge is -2.29. The number of halogens is 3. The molecule has 0 aromatic carbocycles. The number of thiophene rings is 1. The second-order valence-corrected chi connectivity index (χ2v) is 7.49. The number of carboxylic acid groups (broad SMARTS) is 1. The number of carbonyl (C=O) groups is 1. The summed E-state index contributed by atoms with van der Waals surface area (Å²) in [4.78, 5) is 16.1. The van der Waals surface area contributed by atoms with Crippen molar-refractivity contribution in [1.82, 2.24) is 19.5 Å². The average Bonchev–Trinajstić information content (AvgIpc) is 3.37. The molecule has 10 heteroatoms. The zero-order chi connectivity index (χ0) is 21.0. The number of hydrogen-bond donors (Lipinski definition) is 1. The Hall–Kier alpha value is -2.46. The molecule has 0 unspecified atom stereocenters. The number of aliphatic carboxylic acids is 1. The molecule has 3 aromatic heterocycles. The molecule has 4 heterocycles. The molecule has 6 nitrogen and oxygen atoms in total. The molecule has 0 amide bonds. The fourth-order valence-electron chi connectivity index (χ4n) is 3.18. The van der Waals surface area contributed by atoms with E-state index in [0.717, 1.165) is 31.1 Å². The third-order valence-electron chi connectivity index (χ3n) is 4.84. The maximum Gasteiger partial charge on any atom is 0.490 e. The first kappa shape index (κ1) is 21.3. The third kappa shape index (κ3) is 5.33. The quantitative estimate of drug-likeness (QED) is 0.677. The minimum Gasteiger partial charge on any atom is -0.475 e. The maximum absolute atomic E-state index is 10.6. The van der Waals surface area contributed by atoms with Crippen LogP contribution in [0.1, 0.15) is 31.5 Å². The molecule has 1 aliphatic heterocycles. The van der Waals surface area contributed by atoms with E-state index < -0.39 is 12.1 Å². The Morgan fingerprint density at radius 3 is 2.48 bits per heavy atom. The van der Waals surface area contributed by atoms with Gasteiger partial charge in [-0.3, -0.25) is 0 Å². The van der Waals surface area contributed by atoms with Gasteiger partial charge in [-0.05, 0) is 67.0 Å². The molecular formula is C19H21F3N4O2S. The van der Waals surface area contributed by atoms with Crippen molar-refractivity contribution in [3.63, 3.8) is 0 Å². The van der Waals surface area contributed by atoms with Gasteiger partial charge < -0.3 is 10.0 Å². The summed E-state index contributed by atoms with van der Waals surface area (Å²) in [5.41, 5.74) is 3.40. The minimum absolute atomic E-state index is 0.507. The zero-order valence-corrected chi connectivity index (χ0v) is 16.6. The lowest BCUT2D eigenvalue weighted by atomic mass is 9.96. The highest BCUT2D eigenvalue weighted by atomic mass is 32.1. The molecule has 1 N–H and O–H groups in total. The highest BCUT2D eigenvalue weighted by Crippen LogP contribution is 2.27. The molecule has 0 spiro atoms. The lowest BCUT2D eigenvalue weighted by molar-refractivity contribution is -0.192. The van der Waals surface area contributed by atoms with Gasteiger partial charge in [-0.2, -0.15) is 29.6 Å². The number of fused-ring (bicyclic) bond motifs is 1. The summed E-state index contributed by atoms with van der Waals surface area (Å²) in [6.45, 7) is 5.71. The van der Waals surface area contributed by atoms with E-state index in [1.54, 1.807) is 11.3 Å². The van der Waals surface area contributed by atoms with Gasteiger partial charge >= 0.3 is 12.1 Å². The number of hydrogen-bond acceptors (Lipinski definition) is 5. The summed E-state index contributed by atoms with van der Waals surface area (Å²) in [6.07, 6.45) is -0.653. The van der Waals surface area contributed by atoms with Gasteiger partial charge in [0, 0.05) is 17.7 Å². The Bertz CT molecular complexity index is 948. The van der Waals surface area contributed by atoms with Gasteiger partial charge in [-0.15, -0.1) is 0 Å². The number of aromatic nitrogens is 3. The van der Waals surface area contributed by atoms with Crippen molar-refractivity contribution in [3.8, 4) is 11.1 Å². The first-order valence-electron chi connectivity index (χ1n) is 9.19. The number of rotatable bonds is 3. The fourth-order valence-corrected chi connectivity index (χ4v) is 3.85. The van der Waals surface area contributed by atoms with E-state index in [-0.39, 0.29) is 0 Å². The Morgan fingerprint density at radius 2 is 1.93 bits per heavy atom. The maximum atomic E-state index is 10.6. The molecule has 1 aliphatic rings. The normalized spacial score (nSPS) is 15.9. The first-order chi connectivity index (χ1) is 13.8. The highest BCUT2D eigenvalue weighted by Gasteiger charge is 2.38. The van der Waals surface area contributed by atoms with Crippen molar-refractivity contribution in [1.29, 1.82) is 0 Å². The van der Waals surface area contributed by atoms with E-state index >= 15 is 0 Å². The van der Waals surface area contributed by atoms with Crippen molar-refractivity contribution in [2.24, 2.45) is 0 Å². The van der Waals surface area contributed by atoms with Crippen LogP contribution in [0.2, 0.25) is 0 Å². The third-order valence-corrected chi connectivity index (χ3v) is 5.53. The van der Waals surface area contributed by atoms with Gasteiger partial charge in [0.25, 0.3) is 0 Å². The molecular weight excluding hydrogens is 405 g/mol. The second kappa shape index (κ2) is 8.91. The van der Waals surface area contributed by atoms with Gasteiger partial charge in [-0.1, -0.05) is 6.92 Å². The van der Waals surface area contributed by atoms with Crippen LogP contribution in [-0.2, 0) is 4.79 Å². The van der Waals surface area contributed by atoms with Gasteiger partial charge in [0.05, 0.1) is 0 Å². The molecule has 1 saturated heterocycles. The molecule has 4 rings (SSSR count). The van der Waals surface area contributed by atoms with Crippen molar-refractivity contribution in [3.05, 3.63) is 41.0 Å². The first-order valence-corrected chi connectivity index (χ1v) is 10.1. The molecule has 29 heavy (non-hydrogen) atoms. The monoisotopic (exact) mass is 426 g/mol. The predicted octanol–water partition coefficient (Wildman–Crippen LogP) is 4.29. The predicted molar refractivity (Wildman–Crippen MR) is 104 cm³/mol. The Labute approximate surface area is 169 Å². The molecule has 0 bridgehead atoms. The van der Waals surface area contributed by atoms with Crippen molar-refractivity contribution >= 4 is 23.0 Å². The van der Waals surface area contributed by atoms with E-state index in [1.165, 1.54) is 24.0 Å². The van der Waals surface area contributed by atoms with Crippen molar-refractivity contribution in [2.45, 2.75) is 31.9 Å².